The highest BCUT2D eigenvalue weighted by atomic mass is 19.1. The number of amides is 1. The van der Waals surface area contributed by atoms with Gasteiger partial charge in [0.15, 0.2) is 0 Å². The second kappa shape index (κ2) is 5.38. The topological polar surface area (TPSA) is 29.5 Å². The molecule has 2 rings (SSSR count). The number of likely N-dealkylation sites (tertiary alicyclic amines) is 1. The number of hydrogen-bond acceptors (Lipinski definition) is 2. The minimum Gasteiger partial charge on any atom is -0.444 e. The van der Waals surface area contributed by atoms with Crippen LogP contribution in [0.15, 0.2) is 18.2 Å². The number of carbonyl (C=O) groups is 1. The van der Waals surface area contributed by atoms with Crippen LogP contribution in [0.4, 0.5) is 13.6 Å². The van der Waals surface area contributed by atoms with E-state index < -0.39 is 29.4 Å². The van der Waals surface area contributed by atoms with Crippen molar-refractivity contribution in [2.45, 2.75) is 45.3 Å². The van der Waals surface area contributed by atoms with Crippen molar-refractivity contribution in [3.05, 3.63) is 35.4 Å². The van der Waals surface area contributed by atoms with Gasteiger partial charge in [0.25, 0.3) is 0 Å². The van der Waals surface area contributed by atoms with Gasteiger partial charge in [-0.1, -0.05) is 0 Å². The molecule has 1 saturated heterocycles. The van der Waals surface area contributed by atoms with E-state index in [9.17, 15) is 13.6 Å². The standard InChI is InChI=1S/C15H19F2NO2/c1-15(2,3)20-14(19)18-8-4-5-13(18)11-9-10(16)6-7-12(11)17/h6-7,9,13H,4-5,8H2,1-3H3. The second-order valence-corrected chi connectivity index (χ2v) is 6.00. The van der Waals surface area contributed by atoms with Gasteiger partial charge < -0.3 is 9.64 Å². The molecular formula is C15H19F2NO2. The van der Waals surface area contributed by atoms with Crippen LogP contribution in [0, 0.1) is 11.6 Å². The summed E-state index contributed by atoms with van der Waals surface area (Å²) in [6, 6.07) is 2.87. The van der Waals surface area contributed by atoms with E-state index in [4.69, 9.17) is 4.74 Å². The van der Waals surface area contributed by atoms with Gasteiger partial charge in [0.1, 0.15) is 17.2 Å². The Balaban J connectivity index is 2.23. The number of hydrogen-bond donors (Lipinski definition) is 0. The highest BCUT2D eigenvalue weighted by Gasteiger charge is 2.34. The van der Waals surface area contributed by atoms with Crippen LogP contribution in [0.5, 0.6) is 0 Å². The Morgan fingerprint density at radius 2 is 2.05 bits per heavy atom. The highest BCUT2D eigenvalue weighted by molar-refractivity contribution is 5.69. The molecule has 0 aromatic heterocycles. The summed E-state index contributed by atoms with van der Waals surface area (Å²) >= 11 is 0. The lowest BCUT2D eigenvalue weighted by Gasteiger charge is -2.29. The monoisotopic (exact) mass is 283 g/mol. The number of benzene rings is 1. The molecule has 1 atom stereocenters. The van der Waals surface area contributed by atoms with Crippen LogP contribution in [0.1, 0.15) is 45.2 Å². The largest absolute Gasteiger partial charge is 0.444 e. The third-order valence-electron chi connectivity index (χ3n) is 3.20. The minimum atomic E-state index is -0.606. The molecule has 1 unspecified atom stereocenters. The molecule has 1 aromatic rings. The number of carbonyl (C=O) groups excluding carboxylic acids is 1. The predicted molar refractivity (Wildman–Crippen MR) is 71.3 cm³/mol. The van der Waals surface area contributed by atoms with Gasteiger partial charge in [0.2, 0.25) is 0 Å². The lowest BCUT2D eigenvalue weighted by molar-refractivity contribution is 0.0222. The number of rotatable bonds is 1. The summed E-state index contributed by atoms with van der Waals surface area (Å²) in [6.45, 7) is 5.83. The molecule has 0 radical (unpaired) electrons. The predicted octanol–water partition coefficient (Wildman–Crippen LogP) is 4.04. The van der Waals surface area contributed by atoms with Crippen LogP contribution in [0.25, 0.3) is 0 Å². The fourth-order valence-electron chi connectivity index (χ4n) is 2.40. The molecule has 3 nitrogen and oxygen atoms in total. The third kappa shape index (κ3) is 3.26. The molecule has 0 N–H and O–H groups in total. The Morgan fingerprint density at radius 1 is 1.35 bits per heavy atom. The number of halogens is 2. The van der Waals surface area contributed by atoms with Gasteiger partial charge in [-0.2, -0.15) is 0 Å². The Labute approximate surface area is 117 Å². The van der Waals surface area contributed by atoms with Gasteiger partial charge in [0, 0.05) is 12.1 Å². The second-order valence-electron chi connectivity index (χ2n) is 6.00. The molecular weight excluding hydrogens is 264 g/mol. The lowest BCUT2D eigenvalue weighted by Crippen LogP contribution is -2.36. The van der Waals surface area contributed by atoms with E-state index in [-0.39, 0.29) is 5.56 Å². The van der Waals surface area contributed by atoms with E-state index in [1.54, 1.807) is 20.8 Å². The first-order valence-corrected chi connectivity index (χ1v) is 6.72. The third-order valence-corrected chi connectivity index (χ3v) is 3.20. The van der Waals surface area contributed by atoms with Crippen molar-refractivity contribution in [1.29, 1.82) is 0 Å². The molecule has 1 aliphatic heterocycles. The average Bonchev–Trinajstić information content (AvgIpc) is 2.79. The SMILES string of the molecule is CC(C)(C)OC(=O)N1CCCC1c1cc(F)ccc1F. The highest BCUT2D eigenvalue weighted by Crippen LogP contribution is 2.34. The van der Waals surface area contributed by atoms with Gasteiger partial charge >= 0.3 is 6.09 Å². The van der Waals surface area contributed by atoms with E-state index in [1.807, 2.05) is 0 Å². The zero-order valence-electron chi connectivity index (χ0n) is 12.0. The van der Waals surface area contributed by atoms with Crippen LogP contribution in [0.2, 0.25) is 0 Å². The first-order valence-electron chi connectivity index (χ1n) is 6.72. The minimum absolute atomic E-state index is 0.216. The molecule has 20 heavy (non-hydrogen) atoms. The van der Waals surface area contributed by atoms with Gasteiger partial charge in [0.05, 0.1) is 6.04 Å². The zero-order chi connectivity index (χ0) is 14.9. The maximum atomic E-state index is 13.9. The summed E-state index contributed by atoms with van der Waals surface area (Å²) in [5.41, 5.74) is -0.390. The molecule has 1 amide bonds. The van der Waals surface area contributed by atoms with Crippen LogP contribution in [-0.2, 0) is 4.74 Å². The molecule has 110 valence electrons. The molecule has 1 heterocycles. The summed E-state index contributed by atoms with van der Waals surface area (Å²) in [5.74, 6) is -0.996. The molecule has 0 bridgehead atoms. The van der Waals surface area contributed by atoms with E-state index in [0.29, 0.717) is 13.0 Å². The van der Waals surface area contributed by atoms with Gasteiger partial charge in [-0.3, -0.25) is 0 Å². The molecule has 1 aromatic carbocycles. The molecule has 0 saturated carbocycles. The first-order chi connectivity index (χ1) is 9.28. The van der Waals surface area contributed by atoms with Crippen molar-refractivity contribution in [2.24, 2.45) is 0 Å². The quantitative estimate of drug-likeness (QED) is 0.778. The molecule has 1 fully saturated rings. The summed E-state index contributed by atoms with van der Waals surface area (Å²) in [5, 5.41) is 0. The molecule has 0 aliphatic carbocycles. The van der Waals surface area contributed by atoms with Gasteiger partial charge in [-0.05, 0) is 51.8 Å². The van der Waals surface area contributed by atoms with Gasteiger partial charge in [-0.15, -0.1) is 0 Å². The summed E-state index contributed by atoms with van der Waals surface area (Å²) in [6.07, 6.45) is 0.878. The van der Waals surface area contributed by atoms with E-state index in [2.05, 4.69) is 0 Å². The Hall–Kier alpha value is -1.65. The van der Waals surface area contributed by atoms with Crippen molar-refractivity contribution in [3.63, 3.8) is 0 Å². The van der Waals surface area contributed by atoms with E-state index >= 15 is 0 Å². The van der Waals surface area contributed by atoms with Crippen LogP contribution >= 0.6 is 0 Å². The Kier molecular flexibility index (Phi) is 3.97. The summed E-state index contributed by atoms with van der Waals surface area (Å²) < 4.78 is 32.5. The Morgan fingerprint density at radius 3 is 2.70 bits per heavy atom. The van der Waals surface area contributed by atoms with Crippen LogP contribution < -0.4 is 0 Å². The van der Waals surface area contributed by atoms with Gasteiger partial charge in [-0.25, -0.2) is 13.6 Å². The summed E-state index contributed by atoms with van der Waals surface area (Å²) in [4.78, 5) is 13.6. The van der Waals surface area contributed by atoms with Crippen molar-refractivity contribution in [3.8, 4) is 0 Å². The zero-order valence-corrected chi connectivity index (χ0v) is 12.0. The van der Waals surface area contributed by atoms with Crippen molar-refractivity contribution >= 4 is 6.09 Å². The van der Waals surface area contributed by atoms with E-state index in [1.165, 1.54) is 4.90 Å². The van der Waals surface area contributed by atoms with E-state index in [0.717, 1.165) is 24.6 Å². The smallest absolute Gasteiger partial charge is 0.410 e. The number of ether oxygens (including phenoxy) is 1. The van der Waals surface area contributed by atoms with Crippen molar-refractivity contribution in [1.82, 2.24) is 4.90 Å². The molecule has 1 aliphatic rings. The van der Waals surface area contributed by atoms with Crippen molar-refractivity contribution < 1.29 is 18.3 Å². The fraction of sp³-hybridized carbons (Fsp3) is 0.533. The maximum absolute atomic E-state index is 13.9. The molecule has 5 heteroatoms. The first kappa shape index (κ1) is 14.8. The normalized spacial score (nSPS) is 19.2. The van der Waals surface area contributed by atoms with Crippen LogP contribution in [0.3, 0.4) is 0 Å². The lowest BCUT2D eigenvalue weighted by atomic mass is 10.0. The summed E-state index contributed by atoms with van der Waals surface area (Å²) in [7, 11) is 0. The Bertz CT molecular complexity index is 511. The fourth-order valence-corrected chi connectivity index (χ4v) is 2.40. The maximum Gasteiger partial charge on any atom is 0.410 e. The average molecular weight is 283 g/mol. The number of nitrogens with zero attached hydrogens (tertiary/aromatic N) is 1. The van der Waals surface area contributed by atoms with Crippen molar-refractivity contribution in [2.75, 3.05) is 6.54 Å². The molecule has 0 spiro atoms. The van der Waals surface area contributed by atoms with Crippen LogP contribution in [-0.4, -0.2) is 23.1 Å².